The summed E-state index contributed by atoms with van der Waals surface area (Å²) in [5.74, 6) is 1.29. The number of aliphatic hydroxyl groups excluding tert-OH is 1. The van der Waals surface area contributed by atoms with Crippen LogP contribution in [-0.4, -0.2) is 28.7 Å². The van der Waals surface area contributed by atoms with Gasteiger partial charge in [0.25, 0.3) is 0 Å². The third-order valence-electron chi connectivity index (χ3n) is 2.84. The fourth-order valence-corrected chi connectivity index (χ4v) is 1.73. The molecule has 100 valence electrons. The molecule has 0 aliphatic rings. The molecule has 0 saturated heterocycles. The molecule has 19 heavy (non-hydrogen) atoms. The highest BCUT2D eigenvalue weighted by Gasteiger charge is 2.08. The third kappa shape index (κ3) is 3.42. The number of hydrogen-bond donors (Lipinski definition) is 3. The number of aliphatic hydroxyl groups is 1. The van der Waals surface area contributed by atoms with Crippen LogP contribution in [0.5, 0.6) is 0 Å². The number of aromatic nitrogens is 2. The summed E-state index contributed by atoms with van der Waals surface area (Å²) >= 11 is 0. The highest BCUT2D eigenvalue weighted by atomic mass is 16.3. The number of nitrogens with zero attached hydrogens (tertiary/aromatic N) is 2. The molecular formula is C14H18N4O. The van der Waals surface area contributed by atoms with Gasteiger partial charge in [0.15, 0.2) is 0 Å². The van der Waals surface area contributed by atoms with Crippen molar-refractivity contribution in [3.05, 3.63) is 47.7 Å². The second kappa shape index (κ2) is 6.15. The number of nitrogens with one attached hydrogen (secondary N) is 2. The quantitative estimate of drug-likeness (QED) is 0.765. The Kier molecular flexibility index (Phi) is 4.30. The molecule has 0 saturated carbocycles. The lowest BCUT2D eigenvalue weighted by Gasteiger charge is -2.14. The minimum atomic E-state index is -0.561. The van der Waals surface area contributed by atoms with E-state index < -0.39 is 6.10 Å². The first-order valence-corrected chi connectivity index (χ1v) is 6.19. The molecule has 0 aliphatic heterocycles. The van der Waals surface area contributed by atoms with E-state index in [2.05, 4.69) is 20.6 Å². The summed E-state index contributed by atoms with van der Waals surface area (Å²) in [5.41, 5.74) is 1.83. The van der Waals surface area contributed by atoms with Crippen molar-refractivity contribution >= 4 is 11.8 Å². The molecule has 1 atom stereocenters. The number of benzene rings is 1. The number of hydrogen-bond acceptors (Lipinski definition) is 5. The zero-order chi connectivity index (χ0) is 13.7. The summed E-state index contributed by atoms with van der Waals surface area (Å²) in [6.07, 6.45) is 1.18. The fraction of sp³-hybridized carbons (Fsp3) is 0.286. The average Bonchev–Trinajstić information content (AvgIpc) is 2.47. The van der Waals surface area contributed by atoms with Crippen molar-refractivity contribution in [2.24, 2.45) is 0 Å². The summed E-state index contributed by atoms with van der Waals surface area (Å²) in [7, 11) is 1.77. The molecule has 1 unspecified atom stereocenters. The predicted octanol–water partition coefficient (Wildman–Crippen LogP) is 1.97. The van der Waals surface area contributed by atoms with Gasteiger partial charge in [0.1, 0.15) is 5.82 Å². The maximum Gasteiger partial charge on any atom is 0.224 e. The SMILES string of the molecule is CNc1ncc(C)c(NCC(O)c2ccccc2)n1. The fourth-order valence-electron chi connectivity index (χ4n) is 1.73. The Morgan fingerprint density at radius 3 is 2.68 bits per heavy atom. The van der Waals surface area contributed by atoms with E-state index in [0.717, 1.165) is 16.9 Å². The molecule has 0 spiro atoms. The van der Waals surface area contributed by atoms with Gasteiger partial charge in [-0.3, -0.25) is 0 Å². The van der Waals surface area contributed by atoms with Gasteiger partial charge in [-0.15, -0.1) is 0 Å². The maximum absolute atomic E-state index is 10.1. The highest BCUT2D eigenvalue weighted by Crippen LogP contribution is 2.16. The Morgan fingerprint density at radius 2 is 2.00 bits per heavy atom. The van der Waals surface area contributed by atoms with Crippen molar-refractivity contribution in [2.75, 3.05) is 24.2 Å². The molecule has 1 heterocycles. The van der Waals surface area contributed by atoms with E-state index in [-0.39, 0.29) is 0 Å². The summed E-state index contributed by atoms with van der Waals surface area (Å²) in [6.45, 7) is 2.34. The van der Waals surface area contributed by atoms with Crippen LogP contribution in [0.25, 0.3) is 0 Å². The van der Waals surface area contributed by atoms with E-state index in [9.17, 15) is 5.11 Å². The molecule has 1 aromatic carbocycles. The van der Waals surface area contributed by atoms with Gasteiger partial charge in [-0.05, 0) is 12.5 Å². The lowest BCUT2D eigenvalue weighted by atomic mass is 10.1. The zero-order valence-electron chi connectivity index (χ0n) is 11.1. The van der Waals surface area contributed by atoms with Gasteiger partial charge in [0, 0.05) is 25.4 Å². The molecule has 0 bridgehead atoms. The van der Waals surface area contributed by atoms with Gasteiger partial charge < -0.3 is 15.7 Å². The minimum absolute atomic E-state index is 0.408. The van der Waals surface area contributed by atoms with Gasteiger partial charge in [0.2, 0.25) is 5.95 Å². The molecule has 0 fully saturated rings. The zero-order valence-corrected chi connectivity index (χ0v) is 11.1. The standard InChI is InChI=1S/C14H18N4O/c1-10-8-17-14(15-2)18-13(10)16-9-12(19)11-6-4-3-5-7-11/h3-8,12,19H,9H2,1-2H3,(H2,15,16,17,18). The summed E-state index contributed by atoms with van der Waals surface area (Å²) in [6, 6.07) is 9.55. The highest BCUT2D eigenvalue weighted by molar-refractivity contribution is 5.46. The molecular weight excluding hydrogens is 240 g/mol. The lowest BCUT2D eigenvalue weighted by molar-refractivity contribution is 0.191. The average molecular weight is 258 g/mol. The van der Waals surface area contributed by atoms with Crippen LogP contribution in [0.1, 0.15) is 17.2 Å². The Bertz CT molecular complexity index is 530. The molecule has 3 N–H and O–H groups in total. The largest absolute Gasteiger partial charge is 0.387 e. The number of rotatable bonds is 5. The number of aryl methyl sites for hydroxylation is 1. The first-order chi connectivity index (χ1) is 9.20. The van der Waals surface area contributed by atoms with Crippen molar-refractivity contribution in [1.29, 1.82) is 0 Å². The van der Waals surface area contributed by atoms with Crippen LogP contribution < -0.4 is 10.6 Å². The van der Waals surface area contributed by atoms with Crippen LogP contribution in [0.15, 0.2) is 36.5 Å². The van der Waals surface area contributed by atoms with Gasteiger partial charge in [0.05, 0.1) is 6.10 Å². The van der Waals surface area contributed by atoms with Crippen molar-refractivity contribution in [1.82, 2.24) is 9.97 Å². The summed E-state index contributed by atoms with van der Waals surface area (Å²) in [4.78, 5) is 8.43. The van der Waals surface area contributed by atoms with Crippen molar-refractivity contribution < 1.29 is 5.11 Å². The minimum Gasteiger partial charge on any atom is -0.387 e. The second-order valence-electron chi connectivity index (χ2n) is 4.28. The normalized spacial score (nSPS) is 11.9. The summed E-state index contributed by atoms with van der Waals surface area (Å²) in [5, 5.41) is 16.1. The molecule has 0 amide bonds. The van der Waals surface area contributed by atoms with E-state index in [0.29, 0.717) is 12.5 Å². The smallest absolute Gasteiger partial charge is 0.224 e. The molecule has 2 aromatic rings. The molecule has 2 rings (SSSR count). The number of anilines is 2. The molecule has 5 heteroatoms. The Hall–Kier alpha value is -2.14. The van der Waals surface area contributed by atoms with Crippen LogP contribution in [-0.2, 0) is 0 Å². The Labute approximate surface area is 112 Å². The van der Waals surface area contributed by atoms with Crippen LogP contribution >= 0.6 is 0 Å². The monoisotopic (exact) mass is 258 g/mol. The van der Waals surface area contributed by atoms with E-state index >= 15 is 0 Å². The first-order valence-electron chi connectivity index (χ1n) is 6.19. The first kappa shape index (κ1) is 13.3. The van der Waals surface area contributed by atoms with Crippen LogP contribution in [0, 0.1) is 6.92 Å². The van der Waals surface area contributed by atoms with Crippen LogP contribution in [0.3, 0.4) is 0 Å². The van der Waals surface area contributed by atoms with Crippen molar-refractivity contribution in [3.8, 4) is 0 Å². The van der Waals surface area contributed by atoms with Gasteiger partial charge in [-0.2, -0.15) is 4.98 Å². The lowest BCUT2D eigenvalue weighted by Crippen LogP contribution is -2.14. The predicted molar refractivity (Wildman–Crippen MR) is 76.2 cm³/mol. The van der Waals surface area contributed by atoms with E-state index in [1.54, 1.807) is 13.2 Å². The third-order valence-corrected chi connectivity index (χ3v) is 2.84. The maximum atomic E-state index is 10.1. The molecule has 0 radical (unpaired) electrons. The van der Waals surface area contributed by atoms with Gasteiger partial charge >= 0.3 is 0 Å². The van der Waals surface area contributed by atoms with E-state index in [1.807, 2.05) is 37.3 Å². The van der Waals surface area contributed by atoms with E-state index in [1.165, 1.54) is 0 Å². The van der Waals surface area contributed by atoms with Crippen molar-refractivity contribution in [3.63, 3.8) is 0 Å². The molecule has 1 aromatic heterocycles. The second-order valence-corrected chi connectivity index (χ2v) is 4.28. The summed E-state index contributed by atoms with van der Waals surface area (Å²) < 4.78 is 0. The topological polar surface area (TPSA) is 70.1 Å². The Morgan fingerprint density at radius 1 is 1.26 bits per heavy atom. The van der Waals surface area contributed by atoms with Gasteiger partial charge in [-0.25, -0.2) is 4.98 Å². The van der Waals surface area contributed by atoms with Crippen molar-refractivity contribution in [2.45, 2.75) is 13.0 Å². The van der Waals surface area contributed by atoms with Gasteiger partial charge in [-0.1, -0.05) is 30.3 Å². The van der Waals surface area contributed by atoms with Crippen LogP contribution in [0.4, 0.5) is 11.8 Å². The van der Waals surface area contributed by atoms with Crippen LogP contribution in [0.2, 0.25) is 0 Å². The Balaban J connectivity index is 2.02. The molecule has 0 aliphatic carbocycles. The van der Waals surface area contributed by atoms with E-state index in [4.69, 9.17) is 0 Å². The molecule has 5 nitrogen and oxygen atoms in total.